The minimum absolute atomic E-state index is 0.108. The van der Waals surface area contributed by atoms with Crippen LogP contribution in [0.3, 0.4) is 0 Å². The summed E-state index contributed by atoms with van der Waals surface area (Å²) in [6, 6.07) is 22.8. The lowest BCUT2D eigenvalue weighted by atomic mass is 10.1. The third-order valence-electron chi connectivity index (χ3n) is 5.51. The number of nitrogens with one attached hydrogen (secondary N) is 1. The highest BCUT2D eigenvalue weighted by Crippen LogP contribution is 2.31. The quantitative estimate of drug-likeness (QED) is 0.480. The van der Waals surface area contributed by atoms with Gasteiger partial charge in [0.05, 0.1) is 17.1 Å². The first kappa shape index (κ1) is 21.4. The molecule has 7 nitrogen and oxygen atoms in total. The maximum absolute atomic E-state index is 13.5. The van der Waals surface area contributed by atoms with Gasteiger partial charge >= 0.3 is 0 Å². The van der Waals surface area contributed by atoms with Crippen LogP contribution in [0.25, 0.3) is 16.9 Å². The summed E-state index contributed by atoms with van der Waals surface area (Å²) in [7, 11) is 0. The first-order valence-electron chi connectivity index (χ1n) is 10.8. The number of rotatable bonds is 6. The molecule has 1 N–H and O–H groups in total. The standard InChI is InChI=1S/C26H21FN4O3/c27-20-12-10-18(11-13-20)26-19(15-31(29-26)21-6-2-1-3-7-21)14-28-24(32)16-30-22-8-4-5-9-23(22)34-17-25(30)33/h1-13,15H,14,16-17H2,(H,28,32). The molecule has 5 rings (SSSR count). The van der Waals surface area contributed by atoms with Gasteiger partial charge in [-0.1, -0.05) is 30.3 Å². The topological polar surface area (TPSA) is 76.5 Å². The van der Waals surface area contributed by atoms with Crippen LogP contribution in [0.5, 0.6) is 5.75 Å². The predicted molar refractivity (Wildman–Crippen MR) is 125 cm³/mol. The SMILES string of the molecule is O=C(CN1C(=O)COc2ccccc21)NCc1cn(-c2ccccc2)nc1-c1ccc(F)cc1. The summed E-state index contributed by atoms with van der Waals surface area (Å²) in [5.74, 6) is -0.366. The van der Waals surface area contributed by atoms with E-state index in [1.807, 2.05) is 42.6 Å². The van der Waals surface area contributed by atoms with Gasteiger partial charge in [-0.05, 0) is 48.5 Å². The van der Waals surface area contributed by atoms with E-state index >= 15 is 0 Å². The van der Waals surface area contributed by atoms with Crippen LogP contribution in [0.1, 0.15) is 5.56 Å². The van der Waals surface area contributed by atoms with Gasteiger partial charge in [-0.15, -0.1) is 0 Å². The van der Waals surface area contributed by atoms with Crippen LogP contribution in [0, 0.1) is 5.82 Å². The molecule has 1 aliphatic heterocycles. The van der Waals surface area contributed by atoms with E-state index in [1.165, 1.54) is 17.0 Å². The Morgan fingerprint density at radius 3 is 2.53 bits per heavy atom. The van der Waals surface area contributed by atoms with Crippen molar-refractivity contribution in [3.63, 3.8) is 0 Å². The van der Waals surface area contributed by atoms with Crippen LogP contribution in [0.2, 0.25) is 0 Å². The summed E-state index contributed by atoms with van der Waals surface area (Å²) in [6.45, 7) is -0.0423. The smallest absolute Gasteiger partial charge is 0.265 e. The van der Waals surface area contributed by atoms with Gasteiger partial charge in [0, 0.05) is 23.9 Å². The third kappa shape index (κ3) is 4.38. The van der Waals surface area contributed by atoms with E-state index in [4.69, 9.17) is 4.74 Å². The molecule has 4 aromatic rings. The number of fused-ring (bicyclic) bond motifs is 1. The number of benzene rings is 3. The minimum atomic E-state index is -0.337. The maximum atomic E-state index is 13.5. The van der Waals surface area contributed by atoms with Crippen molar-refractivity contribution in [3.05, 3.63) is 96.4 Å². The fourth-order valence-electron chi connectivity index (χ4n) is 3.82. The van der Waals surface area contributed by atoms with Crippen LogP contribution in [-0.4, -0.2) is 34.7 Å². The Labute approximate surface area is 195 Å². The van der Waals surface area contributed by atoms with Gasteiger partial charge in [0.25, 0.3) is 5.91 Å². The number of para-hydroxylation sites is 3. The molecule has 8 heteroatoms. The number of anilines is 1. The lowest BCUT2D eigenvalue weighted by Crippen LogP contribution is -2.45. The molecule has 0 unspecified atom stereocenters. The lowest BCUT2D eigenvalue weighted by molar-refractivity contribution is -0.125. The molecule has 1 aromatic heterocycles. The highest BCUT2D eigenvalue weighted by molar-refractivity contribution is 6.02. The Morgan fingerprint density at radius 2 is 1.74 bits per heavy atom. The van der Waals surface area contributed by atoms with Crippen molar-refractivity contribution >= 4 is 17.5 Å². The Bertz CT molecular complexity index is 1340. The largest absolute Gasteiger partial charge is 0.482 e. The van der Waals surface area contributed by atoms with Gasteiger partial charge in [-0.3, -0.25) is 14.5 Å². The van der Waals surface area contributed by atoms with E-state index in [1.54, 1.807) is 35.0 Å². The van der Waals surface area contributed by atoms with Crippen LogP contribution in [0.4, 0.5) is 10.1 Å². The molecule has 0 radical (unpaired) electrons. The first-order chi connectivity index (χ1) is 16.6. The fraction of sp³-hybridized carbons (Fsp3) is 0.115. The number of nitrogens with zero attached hydrogens (tertiary/aromatic N) is 3. The number of carbonyl (C=O) groups is 2. The van der Waals surface area contributed by atoms with Crippen molar-refractivity contribution in [2.45, 2.75) is 6.54 Å². The molecule has 2 heterocycles. The van der Waals surface area contributed by atoms with Crippen molar-refractivity contribution < 1.29 is 18.7 Å². The molecular weight excluding hydrogens is 435 g/mol. The summed E-state index contributed by atoms with van der Waals surface area (Å²) < 4.78 is 20.6. The van der Waals surface area contributed by atoms with Crippen LogP contribution >= 0.6 is 0 Å². The van der Waals surface area contributed by atoms with Crippen LogP contribution in [-0.2, 0) is 16.1 Å². The van der Waals surface area contributed by atoms with Gasteiger partial charge < -0.3 is 10.1 Å². The average Bonchev–Trinajstić information content (AvgIpc) is 3.30. The summed E-state index contributed by atoms with van der Waals surface area (Å²) in [5, 5.41) is 7.56. The summed E-state index contributed by atoms with van der Waals surface area (Å²) in [6.07, 6.45) is 1.84. The molecule has 34 heavy (non-hydrogen) atoms. The van der Waals surface area contributed by atoms with E-state index in [2.05, 4.69) is 10.4 Å². The summed E-state index contributed by atoms with van der Waals surface area (Å²) in [4.78, 5) is 26.6. The van der Waals surface area contributed by atoms with Gasteiger partial charge in [0.15, 0.2) is 6.61 Å². The second-order valence-corrected chi connectivity index (χ2v) is 7.80. The monoisotopic (exact) mass is 456 g/mol. The zero-order valence-corrected chi connectivity index (χ0v) is 18.1. The Morgan fingerprint density at radius 1 is 1.00 bits per heavy atom. The predicted octanol–water partition coefficient (Wildman–Crippen LogP) is 3.72. The zero-order valence-electron chi connectivity index (χ0n) is 18.1. The second-order valence-electron chi connectivity index (χ2n) is 7.80. The third-order valence-corrected chi connectivity index (χ3v) is 5.51. The number of hydrogen-bond donors (Lipinski definition) is 1. The van der Waals surface area contributed by atoms with Gasteiger partial charge in [-0.25, -0.2) is 9.07 Å². The Hall–Kier alpha value is -4.46. The lowest BCUT2D eigenvalue weighted by Gasteiger charge is -2.28. The number of halogens is 1. The first-order valence-corrected chi connectivity index (χ1v) is 10.8. The zero-order chi connectivity index (χ0) is 23.5. The normalized spacial score (nSPS) is 12.7. The van der Waals surface area contributed by atoms with E-state index in [9.17, 15) is 14.0 Å². The fourth-order valence-corrected chi connectivity index (χ4v) is 3.82. The number of amides is 2. The average molecular weight is 456 g/mol. The van der Waals surface area contributed by atoms with Gasteiger partial charge in [-0.2, -0.15) is 5.10 Å². The van der Waals surface area contributed by atoms with Crippen molar-refractivity contribution in [2.24, 2.45) is 0 Å². The van der Waals surface area contributed by atoms with E-state index in [0.29, 0.717) is 17.1 Å². The molecule has 0 fully saturated rings. The number of aromatic nitrogens is 2. The maximum Gasteiger partial charge on any atom is 0.265 e. The highest BCUT2D eigenvalue weighted by atomic mass is 19.1. The number of hydrogen-bond acceptors (Lipinski definition) is 4. The molecule has 2 amide bonds. The molecule has 3 aromatic carbocycles. The molecule has 0 saturated carbocycles. The van der Waals surface area contributed by atoms with Crippen LogP contribution < -0.4 is 15.0 Å². The number of carbonyl (C=O) groups excluding carboxylic acids is 2. The van der Waals surface area contributed by atoms with Crippen LogP contribution in [0.15, 0.2) is 85.1 Å². The molecule has 0 saturated heterocycles. The van der Waals surface area contributed by atoms with Crippen molar-refractivity contribution in [2.75, 3.05) is 18.1 Å². The molecule has 1 aliphatic rings. The van der Waals surface area contributed by atoms with E-state index < -0.39 is 0 Å². The molecule has 0 atom stereocenters. The minimum Gasteiger partial charge on any atom is -0.482 e. The second kappa shape index (κ2) is 9.19. The molecule has 170 valence electrons. The molecule has 0 aliphatic carbocycles. The van der Waals surface area contributed by atoms with Crippen molar-refractivity contribution in [3.8, 4) is 22.7 Å². The van der Waals surface area contributed by atoms with Gasteiger partial charge in [0.2, 0.25) is 5.91 Å². The molecule has 0 spiro atoms. The van der Waals surface area contributed by atoms with Crippen molar-refractivity contribution in [1.29, 1.82) is 0 Å². The molecule has 0 bridgehead atoms. The van der Waals surface area contributed by atoms with Crippen molar-refractivity contribution in [1.82, 2.24) is 15.1 Å². The highest BCUT2D eigenvalue weighted by Gasteiger charge is 2.27. The Balaban J connectivity index is 1.36. The van der Waals surface area contributed by atoms with E-state index in [0.717, 1.165) is 16.8 Å². The summed E-state index contributed by atoms with van der Waals surface area (Å²) in [5.41, 5.74) is 3.56. The summed E-state index contributed by atoms with van der Waals surface area (Å²) >= 11 is 0. The Kier molecular flexibility index (Phi) is 5.78. The molecular formula is C26H21FN4O3. The number of ether oxygens (including phenoxy) is 1. The van der Waals surface area contributed by atoms with E-state index in [-0.39, 0.29) is 37.3 Å². The van der Waals surface area contributed by atoms with Gasteiger partial charge in [0.1, 0.15) is 18.1 Å².